The number of aromatic nitrogens is 3. The number of aryl methyl sites for hydroxylation is 1. The number of hydrogen-bond acceptors (Lipinski definition) is 7. The molecule has 7 heteroatoms. The van der Waals surface area contributed by atoms with Crippen LogP contribution in [0.1, 0.15) is 46.6 Å². The molecule has 2 N–H and O–H groups in total. The number of nitrogens with two attached hydrogens (primary N) is 1. The highest BCUT2D eigenvalue weighted by molar-refractivity contribution is 6.04. The molecular formula is C17H21N5O2. The van der Waals surface area contributed by atoms with E-state index in [0.29, 0.717) is 29.5 Å². The SMILES string of the molecule is Cc1ccc(OCc2nc(N)nc(N(C)C)n2)c2c1[C@H](C)CC2=O. The Morgan fingerprint density at radius 2 is 2.04 bits per heavy atom. The van der Waals surface area contributed by atoms with E-state index in [0.717, 1.165) is 11.1 Å². The number of fused-ring (bicyclic) bond motifs is 1. The lowest BCUT2D eigenvalue weighted by molar-refractivity contribution is 0.0986. The van der Waals surface area contributed by atoms with Gasteiger partial charge in [-0.1, -0.05) is 13.0 Å². The van der Waals surface area contributed by atoms with E-state index in [2.05, 4.69) is 21.9 Å². The molecule has 0 amide bonds. The number of ketones is 1. The Labute approximate surface area is 140 Å². The second-order valence-electron chi connectivity index (χ2n) is 6.29. The molecular weight excluding hydrogens is 306 g/mol. The zero-order chi connectivity index (χ0) is 17.4. The van der Waals surface area contributed by atoms with Crippen LogP contribution in [0.25, 0.3) is 0 Å². The van der Waals surface area contributed by atoms with E-state index in [-0.39, 0.29) is 24.3 Å². The summed E-state index contributed by atoms with van der Waals surface area (Å²) >= 11 is 0. The van der Waals surface area contributed by atoms with Gasteiger partial charge in [-0.3, -0.25) is 4.79 Å². The first-order valence-electron chi connectivity index (χ1n) is 7.84. The molecule has 1 atom stereocenters. The van der Waals surface area contributed by atoms with Crippen LogP contribution in [-0.4, -0.2) is 34.8 Å². The first-order valence-corrected chi connectivity index (χ1v) is 7.84. The van der Waals surface area contributed by atoms with Gasteiger partial charge in [-0.15, -0.1) is 0 Å². The fraction of sp³-hybridized carbons (Fsp3) is 0.412. The molecule has 0 saturated carbocycles. The molecule has 0 bridgehead atoms. The third-order valence-corrected chi connectivity index (χ3v) is 4.13. The fourth-order valence-electron chi connectivity index (χ4n) is 3.06. The number of carbonyl (C=O) groups is 1. The van der Waals surface area contributed by atoms with Crippen LogP contribution in [0.15, 0.2) is 12.1 Å². The monoisotopic (exact) mass is 327 g/mol. The maximum atomic E-state index is 12.3. The van der Waals surface area contributed by atoms with Crippen LogP contribution < -0.4 is 15.4 Å². The van der Waals surface area contributed by atoms with Gasteiger partial charge in [0.2, 0.25) is 11.9 Å². The third kappa shape index (κ3) is 2.89. The molecule has 24 heavy (non-hydrogen) atoms. The second-order valence-corrected chi connectivity index (χ2v) is 6.29. The Balaban J connectivity index is 1.88. The van der Waals surface area contributed by atoms with Crippen LogP contribution in [0.2, 0.25) is 0 Å². The number of ether oxygens (including phenoxy) is 1. The molecule has 0 saturated heterocycles. The Bertz CT molecular complexity index is 804. The lowest BCUT2D eigenvalue weighted by Gasteiger charge is -2.14. The number of anilines is 2. The first-order chi connectivity index (χ1) is 11.4. The van der Waals surface area contributed by atoms with Crippen molar-refractivity contribution in [1.82, 2.24) is 15.0 Å². The van der Waals surface area contributed by atoms with Crippen molar-refractivity contribution in [2.75, 3.05) is 24.7 Å². The lowest BCUT2D eigenvalue weighted by atomic mass is 9.97. The van der Waals surface area contributed by atoms with Gasteiger partial charge >= 0.3 is 0 Å². The van der Waals surface area contributed by atoms with Crippen molar-refractivity contribution in [2.45, 2.75) is 32.8 Å². The average molecular weight is 327 g/mol. The van der Waals surface area contributed by atoms with Gasteiger partial charge in [0.25, 0.3) is 0 Å². The van der Waals surface area contributed by atoms with Gasteiger partial charge in [-0.2, -0.15) is 15.0 Å². The number of benzene rings is 1. The van der Waals surface area contributed by atoms with Gasteiger partial charge in [-0.05, 0) is 30.0 Å². The van der Waals surface area contributed by atoms with Crippen molar-refractivity contribution in [3.8, 4) is 5.75 Å². The van der Waals surface area contributed by atoms with Crippen molar-refractivity contribution in [1.29, 1.82) is 0 Å². The summed E-state index contributed by atoms with van der Waals surface area (Å²) in [6.45, 7) is 4.22. The molecule has 1 aromatic heterocycles. The molecule has 1 aromatic carbocycles. The zero-order valence-electron chi connectivity index (χ0n) is 14.3. The number of Topliss-reactive ketones (excluding diaryl/α,β-unsaturated/α-hetero) is 1. The van der Waals surface area contributed by atoms with Crippen LogP contribution in [0.3, 0.4) is 0 Å². The smallest absolute Gasteiger partial charge is 0.230 e. The first kappa shape index (κ1) is 16.2. The zero-order valence-corrected chi connectivity index (χ0v) is 14.3. The summed E-state index contributed by atoms with van der Waals surface area (Å²) in [5.41, 5.74) is 8.62. The van der Waals surface area contributed by atoms with Crippen LogP contribution in [-0.2, 0) is 6.61 Å². The number of nitrogens with zero attached hydrogens (tertiary/aromatic N) is 4. The van der Waals surface area contributed by atoms with E-state index >= 15 is 0 Å². The van der Waals surface area contributed by atoms with Crippen LogP contribution in [0, 0.1) is 6.92 Å². The minimum Gasteiger partial charge on any atom is -0.485 e. The standard InChI is InChI=1S/C17H21N5O2/c1-9-5-6-12(15-11(23)7-10(2)14(9)15)24-8-13-19-16(18)21-17(20-13)22(3)4/h5-6,10H,7-8H2,1-4H3,(H2,18,19,20,21)/t10-/m1/s1. The molecule has 0 radical (unpaired) electrons. The van der Waals surface area contributed by atoms with Crippen molar-refractivity contribution in [3.05, 3.63) is 34.6 Å². The van der Waals surface area contributed by atoms with Crippen molar-refractivity contribution >= 4 is 17.7 Å². The summed E-state index contributed by atoms with van der Waals surface area (Å²) in [6.07, 6.45) is 0.528. The molecule has 0 unspecified atom stereocenters. The molecule has 2 aromatic rings. The minimum atomic E-state index is 0.125. The molecule has 126 valence electrons. The molecule has 1 aliphatic carbocycles. The van der Waals surface area contributed by atoms with E-state index in [1.54, 1.807) is 4.90 Å². The highest BCUT2D eigenvalue weighted by Crippen LogP contribution is 2.40. The minimum absolute atomic E-state index is 0.125. The average Bonchev–Trinajstić information content (AvgIpc) is 2.82. The molecule has 1 aliphatic rings. The summed E-state index contributed by atoms with van der Waals surface area (Å²) in [6, 6.07) is 3.82. The Kier molecular flexibility index (Phi) is 4.09. The third-order valence-electron chi connectivity index (χ3n) is 4.13. The second kappa shape index (κ2) is 6.07. The maximum Gasteiger partial charge on any atom is 0.230 e. The van der Waals surface area contributed by atoms with E-state index < -0.39 is 0 Å². The molecule has 7 nitrogen and oxygen atoms in total. The predicted molar refractivity (Wildman–Crippen MR) is 91.4 cm³/mol. The Hall–Kier alpha value is -2.70. The highest BCUT2D eigenvalue weighted by Gasteiger charge is 2.31. The van der Waals surface area contributed by atoms with Gasteiger partial charge in [-0.25, -0.2) is 0 Å². The van der Waals surface area contributed by atoms with Gasteiger partial charge < -0.3 is 15.4 Å². The van der Waals surface area contributed by atoms with E-state index in [9.17, 15) is 4.79 Å². The van der Waals surface area contributed by atoms with Gasteiger partial charge in [0.1, 0.15) is 12.4 Å². The Morgan fingerprint density at radius 1 is 1.29 bits per heavy atom. The summed E-state index contributed by atoms with van der Waals surface area (Å²) in [4.78, 5) is 26.5. The van der Waals surface area contributed by atoms with Crippen LogP contribution in [0.4, 0.5) is 11.9 Å². The van der Waals surface area contributed by atoms with Crippen molar-refractivity contribution < 1.29 is 9.53 Å². The predicted octanol–water partition coefficient (Wildman–Crippen LogP) is 2.10. The summed E-state index contributed by atoms with van der Waals surface area (Å²) in [7, 11) is 3.65. The van der Waals surface area contributed by atoms with E-state index in [1.807, 2.05) is 33.2 Å². The number of rotatable bonds is 4. The number of carbonyl (C=O) groups excluding carboxylic acids is 1. The van der Waals surface area contributed by atoms with Crippen molar-refractivity contribution in [3.63, 3.8) is 0 Å². The summed E-state index contributed by atoms with van der Waals surface area (Å²) < 4.78 is 5.85. The molecule has 0 spiro atoms. The number of nitrogen functional groups attached to an aromatic ring is 1. The van der Waals surface area contributed by atoms with E-state index in [1.165, 1.54) is 0 Å². The largest absolute Gasteiger partial charge is 0.485 e. The van der Waals surface area contributed by atoms with Crippen LogP contribution in [0.5, 0.6) is 5.75 Å². The quantitative estimate of drug-likeness (QED) is 0.919. The lowest BCUT2D eigenvalue weighted by Crippen LogP contribution is -2.17. The Morgan fingerprint density at radius 3 is 2.75 bits per heavy atom. The number of hydrogen-bond donors (Lipinski definition) is 1. The van der Waals surface area contributed by atoms with Gasteiger partial charge in [0.15, 0.2) is 11.6 Å². The van der Waals surface area contributed by atoms with Gasteiger partial charge in [0.05, 0.1) is 5.56 Å². The molecule has 1 heterocycles. The molecule has 0 fully saturated rings. The van der Waals surface area contributed by atoms with Crippen LogP contribution >= 0.6 is 0 Å². The van der Waals surface area contributed by atoms with Crippen molar-refractivity contribution in [2.24, 2.45) is 0 Å². The molecule has 3 rings (SSSR count). The maximum absolute atomic E-state index is 12.3. The summed E-state index contributed by atoms with van der Waals surface area (Å²) in [5, 5.41) is 0. The topological polar surface area (TPSA) is 94.2 Å². The van der Waals surface area contributed by atoms with Gasteiger partial charge in [0, 0.05) is 20.5 Å². The highest BCUT2D eigenvalue weighted by atomic mass is 16.5. The normalized spacial score (nSPS) is 16.2. The molecule has 0 aliphatic heterocycles. The summed E-state index contributed by atoms with van der Waals surface area (Å²) in [5.74, 6) is 1.98. The van der Waals surface area contributed by atoms with E-state index in [4.69, 9.17) is 10.5 Å². The fourth-order valence-corrected chi connectivity index (χ4v) is 3.06.